The summed E-state index contributed by atoms with van der Waals surface area (Å²) in [6, 6.07) is 0.305. The zero-order valence-corrected chi connectivity index (χ0v) is 11.9. The predicted molar refractivity (Wildman–Crippen MR) is 77.8 cm³/mol. The van der Waals surface area contributed by atoms with Crippen molar-refractivity contribution >= 4 is 0 Å². The fourth-order valence-electron chi connectivity index (χ4n) is 2.13. The van der Waals surface area contributed by atoms with Gasteiger partial charge in [-0.1, -0.05) is 76.9 Å². The SMILES string of the molecule is C=C(C)C(CCCCCCCCCCC)NN. The molecule has 0 amide bonds. The Morgan fingerprint density at radius 2 is 1.47 bits per heavy atom. The van der Waals surface area contributed by atoms with E-state index in [9.17, 15) is 0 Å². The van der Waals surface area contributed by atoms with Gasteiger partial charge in [-0.05, 0) is 13.3 Å². The van der Waals surface area contributed by atoms with Crippen molar-refractivity contribution in [2.75, 3.05) is 0 Å². The van der Waals surface area contributed by atoms with Crippen LogP contribution in [0.3, 0.4) is 0 Å². The molecular formula is C15H32N2. The second kappa shape index (κ2) is 12.1. The average Bonchev–Trinajstić information content (AvgIpc) is 2.31. The second-order valence-corrected chi connectivity index (χ2v) is 5.18. The number of nitrogens with two attached hydrogens (primary N) is 1. The maximum Gasteiger partial charge on any atom is 0.0414 e. The molecule has 2 nitrogen and oxygen atoms in total. The van der Waals surface area contributed by atoms with E-state index in [1.54, 1.807) is 0 Å². The largest absolute Gasteiger partial charge is 0.271 e. The molecule has 0 aliphatic carbocycles. The molecule has 0 aliphatic rings. The lowest BCUT2D eigenvalue weighted by atomic mass is 10.0. The minimum absolute atomic E-state index is 0.305. The summed E-state index contributed by atoms with van der Waals surface area (Å²) in [7, 11) is 0. The summed E-state index contributed by atoms with van der Waals surface area (Å²) in [5.74, 6) is 5.47. The van der Waals surface area contributed by atoms with Gasteiger partial charge in [0, 0.05) is 6.04 Å². The van der Waals surface area contributed by atoms with Crippen molar-refractivity contribution in [2.24, 2.45) is 5.84 Å². The Morgan fingerprint density at radius 1 is 1.00 bits per heavy atom. The minimum Gasteiger partial charge on any atom is -0.271 e. The summed E-state index contributed by atoms with van der Waals surface area (Å²) in [4.78, 5) is 0. The van der Waals surface area contributed by atoms with Gasteiger partial charge in [-0.3, -0.25) is 11.3 Å². The molecule has 0 fully saturated rings. The van der Waals surface area contributed by atoms with Gasteiger partial charge in [0.15, 0.2) is 0 Å². The first-order valence-electron chi connectivity index (χ1n) is 7.33. The van der Waals surface area contributed by atoms with Crippen molar-refractivity contribution in [1.82, 2.24) is 5.43 Å². The molecule has 1 atom stereocenters. The van der Waals surface area contributed by atoms with Crippen LogP contribution < -0.4 is 11.3 Å². The normalized spacial score (nSPS) is 12.6. The molecule has 0 saturated heterocycles. The Morgan fingerprint density at radius 3 is 1.88 bits per heavy atom. The zero-order valence-electron chi connectivity index (χ0n) is 11.9. The highest BCUT2D eigenvalue weighted by atomic mass is 15.2. The summed E-state index contributed by atoms with van der Waals surface area (Å²) in [6.45, 7) is 8.25. The highest BCUT2D eigenvalue weighted by molar-refractivity contribution is 5.00. The molecule has 2 heteroatoms. The van der Waals surface area contributed by atoms with Gasteiger partial charge in [-0.2, -0.15) is 0 Å². The molecule has 0 aromatic heterocycles. The fraction of sp³-hybridized carbons (Fsp3) is 0.867. The predicted octanol–water partition coefficient (Wildman–Crippen LogP) is 4.32. The van der Waals surface area contributed by atoms with Crippen LogP contribution in [0, 0.1) is 0 Å². The Labute approximate surface area is 108 Å². The van der Waals surface area contributed by atoms with Crippen molar-refractivity contribution in [3.8, 4) is 0 Å². The van der Waals surface area contributed by atoms with Crippen LogP contribution in [0.15, 0.2) is 12.2 Å². The monoisotopic (exact) mass is 240 g/mol. The highest BCUT2D eigenvalue weighted by Crippen LogP contribution is 2.12. The molecule has 0 spiro atoms. The number of rotatable bonds is 12. The lowest BCUT2D eigenvalue weighted by Crippen LogP contribution is -2.35. The molecule has 0 aromatic rings. The van der Waals surface area contributed by atoms with Gasteiger partial charge in [0.25, 0.3) is 0 Å². The van der Waals surface area contributed by atoms with Crippen LogP contribution in [0.25, 0.3) is 0 Å². The summed E-state index contributed by atoms with van der Waals surface area (Å²) >= 11 is 0. The van der Waals surface area contributed by atoms with Gasteiger partial charge in [0.05, 0.1) is 0 Å². The van der Waals surface area contributed by atoms with E-state index in [4.69, 9.17) is 5.84 Å². The highest BCUT2D eigenvalue weighted by Gasteiger charge is 2.05. The number of nitrogens with one attached hydrogen (secondary N) is 1. The molecule has 0 aromatic carbocycles. The third-order valence-electron chi connectivity index (χ3n) is 3.39. The Hall–Kier alpha value is -0.340. The number of hydrazine groups is 1. The quantitative estimate of drug-likeness (QED) is 0.231. The lowest BCUT2D eigenvalue weighted by Gasteiger charge is -2.15. The zero-order chi connectivity index (χ0) is 12.9. The van der Waals surface area contributed by atoms with E-state index >= 15 is 0 Å². The average molecular weight is 240 g/mol. The molecule has 17 heavy (non-hydrogen) atoms. The Balaban J connectivity index is 3.20. The standard InChI is InChI=1S/C15H32N2/c1-4-5-6-7-8-9-10-11-12-13-15(17-16)14(2)3/h15,17H,2,4-13,16H2,1,3H3. The fourth-order valence-corrected chi connectivity index (χ4v) is 2.13. The topological polar surface area (TPSA) is 38.0 Å². The van der Waals surface area contributed by atoms with Crippen LogP contribution in [-0.4, -0.2) is 6.04 Å². The van der Waals surface area contributed by atoms with Crippen molar-refractivity contribution in [2.45, 2.75) is 84.1 Å². The van der Waals surface area contributed by atoms with Crippen LogP contribution in [0.5, 0.6) is 0 Å². The smallest absolute Gasteiger partial charge is 0.0414 e. The van der Waals surface area contributed by atoms with Crippen LogP contribution in [-0.2, 0) is 0 Å². The van der Waals surface area contributed by atoms with Crippen LogP contribution >= 0.6 is 0 Å². The molecule has 0 bridgehead atoms. The van der Waals surface area contributed by atoms with Gasteiger partial charge in [-0.15, -0.1) is 0 Å². The van der Waals surface area contributed by atoms with Gasteiger partial charge < -0.3 is 0 Å². The number of hydrogen-bond donors (Lipinski definition) is 2. The van der Waals surface area contributed by atoms with Crippen molar-refractivity contribution in [3.63, 3.8) is 0 Å². The molecular weight excluding hydrogens is 208 g/mol. The maximum absolute atomic E-state index is 5.47. The lowest BCUT2D eigenvalue weighted by molar-refractivity contribution is 0.500. The van der Waals surface area contributed by atoms with Gasteiger partial charge in [-0.25, -0.2) is 0 Å². The Bertz CT molecular complexity index is 178. The molecule has 0 heterocycles. The third-order valence-corrected chi connectivity index (χ3v) is 3.39. The van der Waals surface area contributed by atoms with Crippen molar-refractivity contribution in [1.29, 1.82) is 0 Å². The van der Waals surface area contributed by atoms with E-state index in [1.807, 2.05) is 6.92 Å². The molecule has 3 N–H and O–H groups in total. The van der Waals surface area contributed by atoms with Crippen LogP contribution in [0.2, 0.25) is 0 Å². The summed E-state index contributed by atoms with van der Waals surface area (Å²) in [5, 5.41) is 0. The molecule has 0 rings (SSSR count). The van der Waals surface area contributed by atoms with E-state index in [-0.39, 0.29) is 0 Å². The Kier molecular flexibility index (Phi) is 11.9. The van der Waals surface area contributed by atoms with Crippen LogP contribution in [0.1, 0.15) is 78.1 Å². The van der Waals surface area contributed by atoms with Crippen LogP contribution in [0.4, 0.5) is 0 Å². The number of hydrogen-bond acceptors (Lipinski definition) is 2. The summed E-state index contributed by atoms with van der Waals surface area (Å²) < 4.78 is 0. The minimum atomic E-state index is 0.305. The van der Waals surface area contributed by atoms with E-state index in [0.29, 0.717) is 6.04 Å². The van der Waals surface area contributed by atoms with Gasteiger partial charge in [0.1, 0.15) is 0 Å². The first-order valence-corrected chi connectivity index (χ1v) is 7.33. The first kappa shape index (κ1) is 16.7. The molecule has 102 valence electrons. The van der Waals surface area contributed by atoms with Gasteiger partial charge in [0.2, 0.25) is 0 Å². The molecule has 1 unspecified atom stereocenters. The van der Waals surface area contributed by atoms with E-state index in [1.165, 1.54) is 57.8 Å². The third kappa shape index (κ3) is 10.5. The first-order chi connectivity index (χ1) is 8.22. The number of unbranched alkanes of at least 4 members (excludes halogenated alkanes) is 8. The van der Waals surface area contributed by atoms with E-state index in [2.05, 4.69) is 18.9 Å². The molecule has 0 saturated carbocycles. The van der Waals surface area contributed by atoms with Gasteiger partial charge >= 0.3 is 0 Å². The van der Waals surface area contributed by atoms with Crippen molar-refractivity contribution in [3.05, 3.63) is 12.2 Å². The second-order valence-electron chi connectivity index (χ2n) is 5.18. The molecule has 0 aliphatic heterocycles. The van der Waals surface area contributed by atoms with E-state index in [0.717, 1.165) is 12.0 Å². The summed E-state index contributed by atoms with van der Waals surface area (Å²) in [5.41, 5.74) is 3.97. The van der Waals surface area contributed by atoms with Crippen molar-refractivity contribution < 1.29 is 0 Å². The molecule has 0 radical (unpaired) electrons. The maximum atomic E-state index is 5.47. The summed E-state index contributed by atoms with van der Waals surface area (Å²) in [6.07, 6.45) is 13.5. The van der Waals surface area contributed by atoms with E-state index < -0.39 is 0 Å².